The van der Waals surface area contributed by atoms with E-state index < -0.39 is 10.0 Å². The van der Waals surface area contributed by atoms with Crippen molar-refractivity contribution < 1.29 is 13.2 Å². The number of thioether (sulfide) groups is 1. The lowest BCUT2D eigenvalue weighted by Crippen LogP contribution is -2.40. The minimum Gasteiger partial charge on any atom is -0.325 e. The van der Waals surface area contributed by atoms with Crippen molar-refractivity contribution in [3.63, 3.8) is 0 Å². The lowest BCUT2D eigenvalue weighted by Gasteiger charge is -2.29. The summed E-state index contributed by atoms with van der Waals surface area (Å²) in [6.45, 7) is 0.816. The first-order chi connectivity index (χ1) is 12.4. The number of rotatable bonds is 6. The van der Waals surface area contributed by atoms with Crippen LogP contribution in [0.1, 0.15) is 18.4 Å². The van der Waals surface area contributed by atoms with E-state index in [0.717, 1.165) is 16.3 Å². The zero-order chi connectivity index (χ0) is 18.6. The van der Waals surface area contributed by atoms with Gasteiger partial charge in [-0.3, -0.25) is 4.79 Å². The van der Waals surface area contributed by atoms with Crippen LogP contribution in [0.5, 0.6) is 0 Å². The van der Waals surface area contributed by atoms with Gasteiger partial charge in [0.05, 0.1) is 11.9 Å². The number of anilines is 1. The molecule has 0 aliphatic carbocycles. The predicted molar refractivity (Wildman–Crippen MR) is 108 cm³/mol. The van der Waals surface area contributed by atoms with E-state index in [9.17, 15) is 13.2 Å². The lowest BCUT2D eigenvalue weighted by atomic mass is 9.97. The highest BCUT2D eigenvalue weighted by molar-refractivity contribution is 7.98. The fraction of sp³-hybridized carbons (Fsp3) is 0.389. The molecule has 1 fully saturated rings. The minimum atomic E-state index is -3.17. The summed E-state index contributed by atoms with van der Waals surface area (Å²) in [6.07, 6.45) is 2.33. The normalized spacial score (nSPS) is 16.5. The van der Waals surface area contributed by atoms with Gasteiger partial charge in [-0.15, -0.1) is 11.8 Å². The maximum Gasteiger partial charge on any atom is 0.227 e. The number of carbonyl (C=O) groups is 1. The van der Waals surface area contributed by atoms with Gasteiger partial charge in [0.2, 0.25) is 15.9 Å². The molecule has 1 amide bonds. The number of benzene rings is 1. The van der Waals surface area contributed by atoms with Crippen LogP contribution in [-0.2, 0) is 20.6 Å². The lowest BCUT2D eigenvalue weighted by molar-refractivity contribution is -0.120. The van der Waals surface area contributed by atoms with Crippen molar-refractivity contribution in [1.29, 1.82) is 0 Å². The van der Waals surface area contributed by atoms with Crippen molar-refractivity contribution in [2.75, 3.05) is 24.7 Å². The largest absolute Gasteiger partial charge is 0.325 e. The fourth-order valence-electron chi connectivity index (χ4n) is 2.92. The second-order valence-electron chi connectivity index (χ2n) is 6.34. The number of nitrogens with one attached hydrogen (secondary N) is 1. The molecule has 8 heteroatoms. The molecule has 1 N–H and O–H groups in total. The molecule has 1 aromatic heterocycles. The highest BCUT2D eigenvalue weighted by atomic mass is 32.2. The Bertz CT molecular complexity index is 842. The van der Waals surface area contributed by atoms with Gasteiger partial charge in [0.15, 0.2) is 0 Å². The van der Waals surface area contributed by atoms with E-state index in [4.69, 9.17) is 0 Å². The van der Waals surface area contributed by atoms with Gasteiger partial charge in [0.25, 0.3) is 0 Å². The molecule has 140 valence electrons. The molecule has 0 atom stereocenters. The number of para-hydroxylation sites is 1. The standard InChI is InChI=1S/C18H22N2O3S3/c1-26(22,23)20-9-6-15(7-10-20)18(21)19-16-4-2-3-5-17(16)25-13-14-8-11-24-12-14/h2-5,8,11-12,15H,6-7,9-10,13H2,1H3,(H,19,21). The zero-order valence-electron chi connectivity index (χ0n) is 14.6. The van der Waals surface area contributed by atoms with E-state index in [1.165, 1.54) is 16.1 Å². The summed E-state index contributed by atoms with van der Waals surface area (Å²) in [7, 11) is -3.17. The molecule has 5 nitrogen and oxygen atoms in total. The van der Waals surface area contributed by atoms with Crippen LogP contribution in [-0.4, -0.2) is 38.0 Å². The minimum absolute atomic E-state index is 0.0262. The van der Waals surface area contributed by atoms with Crippen molar-refractivity contribution >= 4 is 44.7 Å². The molecule has 26 heavy (non-hydrogen) atoms. The highest BCUT2D eigenvalue weighted by Crippen LogP contribution is 2.31. The summed E-state index contributed by atoms with van der Waals surface area (Å²) in [6, 6.07) is 9.92. The third-order valence-corrected chi connectivity index (χ3v) is 7.59. The molecule has 0 saturated carbocycles. The van der Waals surface area contributed by atoms with Crippen molar-refractivity contribution in [3.05, 3.63) is 46.7 Å². The molecule has 1 aliphatic heterocycles. The molecule has 0 unspecified atom stereocenters. The number of hydrogen-bond donors (Lipinski definition) is 1. The zero-order valence-corrected chi connectivity index (χ0v) is 17.0. The first kappa shape index (κ1) is 19.4. The van der Waals surface area contributed by atoms with Gasteiger partial charge in [-0.1, -0.05) is 12.1 Å². The van der Waals surface area contributed by atoms with Crippen LogP contribution < -0.4 is 5.32 Å². The first-order valence-electron chi connectivity index (χ1n) is 8.42. The molecule has 0 bridgehead atoms. The fourth-order valence-corrected chi connectivity index (χ4v) is 5.52. The Labute approximate surface area is 162 Å². The van der Waals surface area contributed by atoms with Crippen LogP contribution in [0.25, 0.3) is 0 Å². The first-order valence-corrected chi connectivity index (χ1v) is 12.2. The van der Waals surface area contributed by atoms with Crippen LogP contribution >= 0.6 is 23.1 Å². The van der Waals surface area contributed by atoms with E-state index in [1.54, 1.807) is 23.1 Å². The molecule has 2 aromatic rings. The summed E-state index contributed by atoms with van der Waals surface area (Å²) >= 11 is 3.38. The average molecular weight is 411 g/mol. The van der Waals surface area contributed by atoms with Gasteiger partial charge in [-0.25, -0.2) is 12.7 Å². The van der Waals surface area contributed by atoms with E-state index in [1.807, 2.05) is 24.3 Å². The van der Waals surface area contributed by atoms with Crippen LogP contribution in [0, 0.1) is 5.92 Å². The van der Waals surface area contributed by atoms with Gasteiger partial charge < -0.3 is 5.32 Å². The topological polar surface area (TPSA) is 66.5 Å². The molecule has 0 radical (unpaired) electrons. The number of sulfonamides is 1. The van der Waals surface area contributed by atoms with E-state index in [-0.39, 0.29) is 11.8 Å². The molecular formula is C18H22N2O3S3. The molecule has 0 spiro atoms. The van der Waals surface area contributed by atoms with Gasteiger partial charge in [0, 0.05) is 29.7 Å². The number of amides is 1. The van der Waals surface area contributed by atoms with E-state index >= 15 is 0 Å². The van der Waals surface area contributed by atoms with Crippen LogP contribution in [0.4, 0.5) is 5.69 Å². The van der Waals surface area contributed by atoms with Crippen molar-refractivity contribution in [1.82, 2.24) is 4.31 Å². The van der Waals surface area contributed by atoms with Gasteiger partial charge in [-0.2, -0.15) is 11.3 Å². The number of piperidine rings is 1. The number of thiophene rings is 1. The summed E-state index contributed by atoms with van der Waals surface area (Å²) in [5, 5.41) is 7.23. The molecule has 2 heterocycles. The van der Waals surface area contributed by atoms with Gasteiger partial charge in [-0.05, 0) is 47.4 Å². The Morgan fingerprint density at radius 1 is 1.27 bits per heavy atom. The van der Waals surface area contributed by atoms with Crippen LogP contribution in [0.2, 0.25) is 0 Å². The second-order valence-corrected chi connectivity index (χ2v) is 10.1. The van der Waals surface area contributed by atoms with Crippen LogP contribution in [0.3, 0.4) is 0 Å². The Hall–Kier alpha value is -1.35. The monoisotopic (exact) mass is 410 g/mol. The average Bonchev–Trinajstić information content (AvgIpc) is 3.14. The molecule has 1 aromatic carbocycles. The smallest absolute Gasteiger partial charge is 0.227 e. The van der Waals surface area contributed by atoms with Crippen molar-refractivity contribution in [3.8, 4) is 0 Å². The molecule has 1 aliphatic rings. The maximum absolute atomic E-state index is 12.6. The van der Waals surface area contributed by atoms with Gasteiger partial charge >= 0.3 is 0 Å². The maximum atomic E-state index is 12.6. The highest BCUT2D eigenvalue weighted by Gasteiger charge is 2.29. The van der Waals surface area contributed by atoms with E-state index in [2.05, 4.69) is 22.1 Å². The molecule has 3 rings (SSSR count). The SMILES string of the molecule is CS(=O)(=O)N1CCC(C(=O)Nc2ccccc2SCc2ccsc2)CC1. The quantitative estimate of drug-likeness (QED) is 0.738. The third kappa shape index (κ3) is 5.09. The van der Waals surface area contributed by atoms with E-state index in [0.29, 0.717) is 25.9 Å². The second kappa shape index (κ2) is 8.56. The molecular weight excluding hydrogens is 388 g/mol. The van der Waals surface area contributed by atoms with Gasteiger partial charge in [0.1, 0.15) is 0 Å². The summed E-state index contributed by atoms with van der Waals surface area (Å²) in [4.78, 5) is 13.7. The summed E-state index contributed by atoms with van der Waals surface area (Å²) < 4.78 is 24.6. The summed E-state index contributed by atoms with van der Waals surface area (Å²) in [5.41, 5.74) is 2.09. The number of nitrogens with zero attached hydrogens (tertiary/aromatic N) is 1. The van der Waals surface area contributed by atoms with Crippen LogP contribution in [0.15, 0.2) is 46.0 Å². The number of carbonyl (C=O) groups excluding carboxylic acids is 1. The Morgan fingerprint density at radius 2 is 2.00 bits per heavy atom. The Balaban J connectivity index is 1.59. The van der Waals surface area contributed by atoms with Crippen molar-refractivity contribution in [2.24, 2.45) is 5.92 Å². The Morgan fingerprint density at radius 3 is 2.65 bits per heavy atom. The van der Waals surface area contributed by atoms with Crippen molar-refractivity contribution in [2.45, 2.75) is 23.5 Å². The molecule has 1 saturated heterocycles. The summed E-state index contributed by atoms with van der Waals surface area (Å²) in [5.74, 6) is 0.688. The number of hydrogen-bond acceptors (Lipinski definition) is 5. The third-order valence-electron chi connectivity index (χ3n) is 4.41. The Kier molecular flexibility index (Phi) is 6.39. The predicted octanol–water partition coefficient (Wildman–Crippen LogP) is 3.65.